The largest absolute Gasteiger partial charge is 0.508 e. The molecule has 2 aliphatic heterocycles. The molecule has 3 rings (SSSR count). The number of aliphatic carboxylic acids is 1. The molecule has 0 aliphatic carbocycles. The van der Waals surface area contributed by atoms with Crippen LogP contribution in [0.5, 0.6) is 5.75 Å². The summed E-state index contributed by atoms with van der Waals surface area (Å²) < 4.78 is 6.51. The van der Waals surface area contributed by atoms with Gasteiger partial charge in [-0.05, 0) is 54.7 Å². The van der Waals surface area contributed by atoms with Gasteiger partial charge in [0.1, 0.15) is 11.4 Å². The summed E-state index contributed by atoms with van der Waals surface area (Å²) in [5.41, 5.74) is 1.43. The molecule has 6 nitrogen and oxygen atoms in total. The molecule has 2 N–H and O–H groups in total. The fourth-order valence-corrected chi connectivity index (χ4v) is 7.58. The van der Waals surface area contributed by atoms with Gasteiger partial charge in [-0.1, -0.05) is 32.9 Å². The van der Waals surface area contributed by atoms with Gasteiger partial charge in [0.05, 0.1) is 18.1 Å². The van der Waals surface area contributed by atoms with Crippen LogP contribution in [-0.2, 0) is 14.0 Å². The zero-order chi connectivity index (χ0) is 20.6. The van der Waals surface area contributed by atoms with E-state index in [9.17, 15) is 19.8 Å². The van der Waals surface area contributed by atoms with Crippen LogP contribution in [0.3, 0.4) is 0 Å². The quantitative estimate of drug-likeness (QED) is 0.509. The molecule has 1 aromatic carbocycles. The Balaban J connectivity index is 1.85. The number of rotatable bonds is 8. The summed E-state index contributed by atoms with van der Waals surface area (Å²) in [5, 5.41) is 19.3. The number of carboxylic acid groups (broad SMARTS) is 1. The zero-order valence-electron chi connectivity index (χ0n) is 16.9. The van der Waals surface area contributed by atoms with Gasteiger partial charge in [-0.3, -0.25) is 4.79 Å². The van der Waals surface area contributed by atoms with Gasteiger partial charge in [0, 0.05) is 0 Å². The molecular formula is C21H29NO5Si. The number of benzene rings is 1. The maximum atomic E-state index is 12.9. The number of carbonyl (C=O) groups is 2. The first-order valence-corrected chi connectivity index (χ1v) is 12.6. The summed E-state index contributed by atoms with van der Waals surface area (Å²) in [4.78, 5) is 26.2. The van der Waals surface area contributed by atoms with Crippen molar-refractivity contribution in [2.75, 3.05) is 0 Å². The Morgan fingerprint density at radius 1 is 1.21 bits per heavy atom. The molecule has 0 aromatic heterocycles. The number of nitrogens with zero attached hydrogens (tertiary/aromatic N) is 1. The molecule has 0 radical (unpaired) electrons. The second-order valence-electron chi connectivity index (χ2n) is 7.75. The standard InChI is InChI=1S/C21H29NO5Si/c1-5-28(6-2,7-3)27-13(4)18-17-12-16(14-8-10-15(23)11-9-14)19(21(25)26)22(17)20(18)24/h8-11,13,17-18,23H,5-7,12H2,1-4H3,(H,25,26)/t13-,17-,18-/m1/s1. The van der Waals surface area contributed by atoms with Gasteiger partial charge in [-0.2, -0.15) is 0 Å². The predicted molar refractivity (Wildman–Crippen MR) is 109 cm³/mol. The highest BCUT2D eigenvalue weighted by Gasteiger charge is 2.57. The summed E-state index contributed by atoms with van der Waals surface area (Å²) in [6.45, 7) is 8.43. The Bertz CT molecular complexity index is 791. The van der Waals surface area contributed by atoms with E-state index in [0.717, 1.165) is 23.7 Å². The lowest BCUT2D eigenvalue weighted by atomic mass is 9.82. The van der Waals surface area contributed by atoms with Crippen molar-refractivity contribution < 1.29 is 24.2 Å². The topological polar surface area (TPSA) is 87.1 Å². The highest BCUT2D eigenvalue weighted by molar-refractivity contribution is 6.73. The first kappa shape index (κ1) is 20.6. The molecule has 0 bridgehead atoms. The summed E-state index contributed by atoms with van der Waals surface area (Å²) >= 11 is 0. The van der Waals surface area contributed by atoms with Crippen molar-refractivity contribution in [2.24, 2.45) is 5.92 Å². The van der Waals surface area contributed by atoms with E-state index in [0.29, 0.717) is 12.0 Å². The van der Waals surface area contributed by atoms with Crippen molar-refractivity contribution in [1.29, 1.82) is 0 Å². The van der Waals surface area contributed by atoms with Gasteiger partial charge >= 0.3 is 5.97 Å². The molecule has 28 heavy (non-hydrogen) atoms. The van der Waals surface area contributed by atoms with E-state index in [2.05, 4.69) is 20.8 Å². The number of amides is 1. The SMILES string of the molecule is CC[Si](CC)(CC)O[C@H](C)[C@H]1C(=O)N2C(C(=O)O)=C(c3ccc(O)cc3)C[C@H]12. The first-order valence-electron chi connectivity index (χ1n) is 10.0. The average molecular weight is 404 g/mol. The van der Waals surface area contributed by atoms with Crippen LogP contribution >= 0.6 is 0 Å². The molecule has 0 unspecified atom stereocenters. The van der Waals surface area contributed by atoms with E-state index in [1.54, 1.807) is 12.1 Å². The van der Waals surface area contributed by atoms with Gasteiger partial charge in [-0.25, -0.2) is 4.79 Å². The smallest absolute Gasteiger partial charge is 0.352 e. The molecule has 3 atom stereocenters. The normalized spacial score (nSPS) is 22.9. The van der Waals surface area contributed by atoms with Gasteiger partial charge in [0.15, 0.2) is 8.32 Å². The number of aromatic hydroxyl groups is 1. The second-order valence-corrected chi connectivity index (χ2v) is 12.5. The minimum absolute atomic E-state index is 0.0640. The third kappa shape index (κ3) is 3.26. The van der Waals surface area contributed by atoms with Crippen LogP contribution < -0.4 is 0 Å². The van der Waals surface area contributed by atoms with Crippen LogP contribution in [0, 0.1) is 5.92 Å². The summed E-state index contributed by atoms with van der Waals surface area (Å²) in [6, 6.07) is 9.32. The van der Waals surface area contributed by atoms with Gasteiger partial charge in [-0.15, -0.1) is 0 Å². The summed E-state index contributed by atoms with van der Waals surface area (Å²) in [7, 11) is -1.85. The number of carboxylic acids is 1. The second kappa shape index (κ2) is 7.71. The number of phenols is 1. The summed E-state index contributed by atoms with van der Waals surface area (Å²) in [6.07, 6.45) is 0.282. The average Bonchev–Trinajstić information content (AvgIpc) is 3.02. The number of phenolic OH excluding ortho intramolecular Hbond substituents is 1. The first-order chi connectivity index (χ1) is 13.3. The highest BCUT2D eigenvalue weighted by Crippen LogP contribution is 2.48. The van der Waals surface area contributed by atoms with Crippen LogP contribution in [0.4, 0.5) is 0 Å². The number of β-lactam (4-membered cyclic amide) rings is 1. The van der Waals surface area contributed by atoms with Crippen molar-refractivity contribution in [1.82, 2.24) is 4.90 Å². The van der Waals surface area contributed by atoms with Gasteiger partial charge in [0.25, 0.3) is 0 Å². The van der Waals surface area contributed by atoms with E-state index in [1.807, 2.05) is 6.92 Å². The Labute approximate surface area is 166 Å². The van der Waals surface area contributed by atoms with Crippen LogP contribution in [0.2, 0.25) is 18.1 Å². The fraction of sp³-hybridized carbons (Fsp3) is 0.524. The van der Waals surface area contributed by atoms with E-state index >= 15 is 0 Å². The molecule has 1 fully saturated rings. The number of fused-ring (bicyclic) bond motifs is 1. The lowest BCUT2D eigenvalue weighted by Crippen LogP contribution is -2.63. The molecule has 0 spiro atoms. The minimum atomic E-state index is -1.85. The van der Waals surface area contributed by atoms with Crippen LogP contribution in [0.25, 0.3) is 5.57 Å². The van der Waals surface area contributed by atoms with E-state index in [-0.39, 0.29) is 35.4 Å². The number of hydrogen-bond donors (Lipinski definition) is 2. The molecule has 152 valence electrons. The Morgan fingerprint density at radius 2 is 1.79 bits per heavy atom. The molecule has 1 amide bonds. The lowest BCUT2D eigenvalue weighted by molar-refractivity contribution is -0.160. The number of hydrogen-bond acceptors (Lipinski definition) is 4. The summed E-state index contributed by atoms with van der Waals surface area (Å²) in [5.74, 6) is -1.43. The van der Waals surface area contributed by atoms with Crippen LogP contribution in [-0.4, -0.2) is 47.5 Å². The van der Waals surface area contributed by atoms with E-state index in [4.69, 9.17) is 4.43 Å². The zero-order valence-corrected chi connectivity index (χ0v) is 17.9. The maximum absolute atomic E-state index is 12.9. The lowest BCUT2D eigenvalue weighted by Gasteiger charge is -2.47. The predicted octanol–water partition coefficient (Wildman–Crippen LogP) is 3.83. The molecule has 0 saturated carbocycles. The Hall–Kier alpha value is -2.12. The number of carbonyl (C=O) groups excluding carboxylic acids is 1. The van der Waals surface area contributed by atoms with Gasteiger partial charge < -0.3 is 19.5 Å². The minimum Gasteiger partial charge on any atom is -0.508 e. The molecular weight excluding hydrogens is 374 g/mol. The molecule has 7 heteroatoms. The van der Waals surface area contributed by atoms with Crippen molar-refractivity contribution >= 4 is 25.8 Å². The third-order valence-corrected chi connectivity index (χ3v) is 11.2. The maximum Gasteiger partial charge on any atom is 0.352 e. The Kier molecular flexibility index (Phi) is 5.68. The molecule has 2 aliphatic rings. The molecule has 2 heterocycles. The van der Waals surface area contributed by atoms with Gasteiger partial charge in [0.2, 0.25) is 5.91 Å². The van der Waals surface area contributed by atoms with Crippen LogP contribution in [0.15, 0.2) is 30.0 Å². The molecule has 1 saturated heterocycles. The molecule has 1 aromatic rings. The van der Waals surface area contributed by atoms with Crippen molar-refractivity contribution in [3.05, 3.63) is 35.5 Å². The van der Waals surface area contributed by atoms with Crippen LogP contribution in [0.1, 0.15) is 39.7 Å². The monoisotopic (exact) mass is 403 g/mol. The highest BCUT2D eigenvalue weighted by atomic mass is 28.4. The fourth-order valence-electron chi connectivity index (χ4n) is 4.64. The third-order valence-electron chi connectivity index (χ3n) is 6.50. The van der Waals surface area contributed by atoms with Crippen molar-refractivity contribution in [3.63, 3.8) is 0 Å². The van der Waals surface area contributed by atoms with Crippen molar-refractivity contribution in [2.45, 2.75) is 64.4 Å². The van der Waals surface area contributed by atoms with Crippen molar-refractivity contribution in [3.8, 4) is 5.75 Å². The van der Waals surface area contributed by atoms with E-state index < -0.39 is 14.3 Å². The Morgan fingerprint density at radius 3 is 2.29 bits per heavy atom. The van der Waals surface area contributed by atoms with E-state index in [1.165, 1.54) is 17.0 Å².